The number of aromatic nitrogens is 1. The van der Waals surface area contributed by atoms with Gasteiger partial charge in [-0.2, -0.15) is 4.79 Å². The molecule has 1 rings (SSSR count). The van der Waals surface area contributed by atoms with Gasteiger partial charge in [-0.05, 0) is 12.1 Å². The molecule has 2 nitrogen and oxygen atoms in total. The maximum atomic E-state index is 12.0. The average molecular weight is 112 g/mol. The van der Waals surface area contributed by atoms with E-state index >= 15 is 0 Å². The largest absolute Gasteiger partial charge is 0.283 e. The van der Waals surface area contributed by atoms with Crippen LogP contribution in [0.5, 0.6) is 0 Å². The van der Waals surface area contributed by atoms with E-state index in [2.05, 4.69) is 0 Å². The average Bonchev–Trinajstić information content (AvgIpc) is 2.14. The normalized spacial score (nSPS) is 9.12. The summed E-state index contributed by atoms with van der Waals surface area (Å²) in [5.74, 6) is 0. The van der Waals surface area contributed by atoms with Gasteiger partial charge in [0.15, 0.2) is 0 Å². The van der Waals surface area contributed by atoms with Gasteiger partial charge in [0, 0.05) is 6.20 Å². The SMILES string of the molecule is O=[C]c1cccn1F. The number of rotatable bonds is 1. The minimum absolute atomic E-state index is 0.0787. The molecule has 1 aromatic rings. The molecule has 0 aromatic carbocycles. The molecule has 1 radical (unpaired) electrons. The highest BCUT2D eigenvalue weighted by Crippen LogP contribution is 1.95. The fraction of sp³-hybridized carbons (Fsp3) is 0. The third kappa shape index (κ3) is 0.621. The van der Waals surface area contributed by atoms with Crippen LogP contribution in [-0.4, -0.2) is 11.1 Å². The molecule has 0 aliphatic carbocycles. The highest BCUT2D eigenvalue weighted by Gasteiger charge is 1.94. The van der Waals surface area contributed by atoms with Crippen LogP contribution in [-0.2, 0) is 4.79 Å². The van der Waals surface area contributed by atoms with Crippen LogP contribution < -0.4 is 0 Å². The second-order valence-electron chi connectivity index (χ2n) is 1.31. The predicted octanol–water partition coefficient (Wildman–Crippen LogP) is 0.678. The zero-order valence-corrected chi connectivity index (χ0v) is 3.97. The third-order valence-electron chi connectivity index (χ3n) is 0.806. The van der Waals surface area contributed by atoms with E-state index in [0.29, 0.717) is 0 Å². The Morgan fingerprint density at radius 2 is 2.50 bits per heavy atom. The lowest BCUT2D eigenvalue weighted by molar-refractivity contribution is 0.366. The molecular formula is C5H3FNO. The summed E-state index contributed by atoms with van der Waals surface area (Å²) in [6, 6.07) is 2.77. The molecule has 8 heavy (non-hydrogen) atoms. The van der Waals surface area contributed by atoms with Gasteiger partial charge in [0.2, 0.25) is 0 Å². The van der Waals surface area contributed by atoms with Crippen molar-refractivity contribution in [3.63, 3.8) is 0 Å². The third-order valence-corrected chi connectivity index (χ3v) is 0.806. The minimum Gasteiger partial charge on any atom is -0.283 e. The van der Waals surface area contributed by atoms with Crippen molar-refractivity contribution in [2.45, 2.75) is 0 Å². The first-order valence-electron chi connectivity index (χ1n) is 2.06. The standard InChI is InChI=1S/C5H3FNO/c6-7-3-1-2-5(7)4-8/h1-3H. The van der Waals surface area contributed by atoms with E-state index in [9.17, 15) is 9.28 Å². The quantitative estimate of drug-likeness (QED) is 0.523. The second-order valence-corrected chi connectivity index (χ2v) is 1.31. The second kappa shape index (κ2) is 1.78. The first-order chi connectivity index (χ1) is 3.84. The van der Waals surface area contributed by atoms with E-state index in [1.165, 1.54) is 18.4 Å². The van der Waals surface area contributed by atoms with Gasteiger partial charge in [-0.1, -0.05) is 4.48 Å². The fourth-order valence-electron chi connectivity index (χ4n) is 0.439. The summed E-state index contributed by atoms with van der Waals surface area (Å²) >= 11 is 0. The Bertz CT molecular complexity index is 194. The topological polar surface area (TPSA) is 22.0 Å². The van der Waals surface area contributed by atoms with E-state index in [1.807, 2.05) is 0 Å². The molecule has 0 aliphatic rings. The number of nitrogens with zero attached hydrogens (tertiary/aromatic N) is 1. The van der Waals surface area contributed by atoms with E-state index in [1.54, 1.807) is 0 Å². The van der Waals surface area contributed by atoms with Crippen molar-refractivity contribution in [2.75, 3.05) is 0 Å². The van der Waals surface area contributed by atoms with Gasteiger partial charge in [0.05, 0.1) is 0 Å². The highest BCUT2D eigenvalue weighted by atomic mass is 19.2. The first-order valence-corrected chi connectivity index (χ1v) is 2.06. The van der Waals surface area contributed by atoms with E-state index in [0.717, 1.165) is 6.20 Å². The molecule has 0 saturated heterocycles. The lowest BCUT2D eigenvalue weighted by Crippen LogP contribution is -1.85. The summed E-state index contributed by atoms with van der Waals surface area (Å²) in [5.41, 5.74) is -0.0787. The van der Waals surface area contributed by atoms with Crippen molar-refractivity contribution in [2.24, 2.45) is 0 Å². The Morgan fingerprint density at radius 1 is 1.75 bits per heavy atom. The van der Waals surface area contributed by atoms with Gasteiger partial charge in [-0.15, -0.1) is 0 Å². The van der Waals surface area contributed by atoms with E-state index < -0.39 is 0 Å². The lowest BCUT2D eigenvalue weighted by Gasteiger charge is -1.81. The maximum Gasteiger partial charge on any atom is 0.254 e. The molecular weight excluding hydrogens is 109 g/mol. The molecule has 0 saturated carbocycles. The van der Waals surface area contributed by atoms with Crippen LogP contribution in [0.15, 0.2) is 18.3 Å². The minimum atomic E-state index is -0.0787. The highest BCUT2D eigenvalue weighted by molar-refractivity contribution is 5.72. The Balaban J connectivity index is 3.09. The molecule has 0 aliphatic heterocycles. The van der Waals surface area contributed by atoms with Gasteiger partial charge in [-0.3, -0.25) is 4.79 Å². The van der Waals surface area contributed by atoms with Crippen molar-refractivity contribution in [3.05, 3.63) is 24.0 Å². The zero-order valence-electron chi connectivity index (χ0n) is 3.97. The van der Waals surface area contributed by atoms with Crippen LogP contribution in [0.2, 0.25) is 0 Å². The van der Waals surface area contributed by atoms with Crippen LogP contribution in [0, 0.1) is 0 Å². The van der Waals surface area contributed by atoms with Crippen LogP contribution in [0.25, 0.3) is 0 Å². The summed E-state index contributed by atoms with van der Waals surface area (Å²) in [5, 5.41) is 0. The Kier molecular flexibility index (Phi) is 1.12. The van der Waals surface area contributed by atoms with E-state index in [4.69, 9.17) is 0 Å². The number of hydrogen-bond donors (Lipinski definition) is 0. The molecule has 1 heterocycles. The van der Waals surface area contributed by atoms with Crippen LogP contribution >= 0.6 is 0 Å². The van der Waals surface area contributed by atoms with Gasteiger partial charge in [-0.25, -0.2) is 0 Å². The molecule has 0 fully saturated rings. The summed E-state index contributed by atoms with van der Waals surface area (Å²) in [7, 11) is 0. The summed E-state index contributed by atoms with van der Waals surface area (Å²) < 4.78 is 12.0. The van der Waals surface area contributed by atoms with Crippen molar-refractivity contribution in [1.29, 1.82) is 0 Å². The first kappa shape index (κ1) is 5.03. The number of carbonyl (C=O) groups excluding carboxylic acids is 1. The van der Waals surface area contributed by atoms with Gasteiger partial charge in [0.25, 0.3) is 6.29 Å². The Morgan fingerprint density at radius 3 is 2.75 bits per heavy atom. The molecule has 1 aromatic heterocycles. The van der Waals surface area contributed by atoms with Gasteiger partial charge >= 0.3 is 0 Å². The van der Waals surface area contributed by atoms with E-state index in [-0.39, 0.29) is 10.5 Å². The van der Waals surface area contributed by atoms with Gasteiger partial charge < -0.3 is 0 Å². The fourth-order valence-corrected chi connectivity index (χ4v) is 0.439. The van der Waals surface area contributed by atoms with Crippen LogP contribution in [0.3, 0.4) is 0 Å². The molecule has 0 spiro atoms. The molecule has 0 unspecified atom stereocenters. The Labute approximate surface area is 45.5 Å². The van der Waals surface area contributed by atoms with Crippen molar-refractivity contribution in [3.8, 4) is 0 Å². The molecule has 3 heteroatoms. The molecule has 0 bridgehead atoms. The smallest absolute Gasteiger partial charge is 0.254 e. The lowest BCUT2D eigenvalue weighted by atomic mass is 10.5. The summed E-state index contributed by atoms with van der Waals surface area (Å²) in [6.07, 6.45) is 2.55. The van der Waals surface area contributed by atoms with Crippen molar-refractivity contribution in [1.82, 2.24) is 4.79 Å². The molecule has 0 amide bonds. The molecule has 41 valence electrons. The van der Waals surface area contributed by atoms with Crippen LogP contribution in [0.4, 0.5) is 4.48 Å². The number of halogens is 1. The number of hydrogen-bond acceptors (Lipinski definition) is 1. The predicted molar refractivity (Wildman–Crippen MR) is 25.7 cm³/mol. The Hall–Kier alpha value is -1.12. The molecule has 0 N–H and O–H groups in total. The van der Waals surface area contributed by atoms with Crippen LogP contribution in [0.1, 0.15) is 5.69 Å². The van der Waals surface area contributed by atoms with Gasteiger partial charge in [0.1, 0.15) is 5.69 Å². The maximum absolute atomic E-state index is 12.0. The van der Waals surface area contributed by atoms with Crippen molar-refractivity contribution < 1.29 is 9.28 Å². The summed E-state index contributed by atoms with van der Waals surface area (Å²) in [6.45, 7) is 0. The summed E-state index contributed by atoms with van der Waals surface area (Å²) in [4.78, 5) is 9.92. The molecule has 0 atom stereocenters. The zero-order chi connectivity index (χ0) is 5.98. The van der Waals surface area contributed by atoms with Crippen molar-refractivity contribution >= 4 is 6.29 Å². The monoisotopic (exact) mass is 112 g/mol.